The van der Waals surface area contributed by atoms with Gasteiger partial charge >= 0.3 is 0 Å². The lowest BCUT2D eigenvalue weighted by molar-refractivity contribution is -0.127. The first kappa shape index (κ1) is 17.6. The lowest BCUT2D eigenvalue weighted by atomic mass is 10.2. The zero-order valence-corrected chi connectivity index (χ0v) is 13.9. The Morgan fingerprint density at radius 3 is 2.79 bits per heavy atom. The minimum Gasteiger partial charge on any atom is -0.507 e. The number of benzene rings is 2. The Bertz CT molecular complexity index is 749. The number of nitrogens with zero attached hydrogens (tertiary/aromatic N) is 1. The van der Waals surface area contributed by atoms with E-state index in [1.54, 1.807) is 43.3 Å². The van der Waals surface area contributed by atoms with E-state index in [0.29, 0.717) is 22.1 Å². The van der Waals surface area contributed by atoms with E-state index in [1.807, 2.05) is 0 Å². The van der Waals surface area contributed by atoms with Crippen LogP contribution in [0.3, 0.4) is 0 Å². The summed E-state index contributed by atoms with van der Waals surface area (Å²) < 4.78 is 10.5. The van der Waals surface area contributed by atoms with Gasteiger partial charge in [-0.25, -0.2) is 5.43 Å². The summed E-state index contributed by atoms with van der Waals surface area (Å²) >= 11 is 5.86. The number of hydrazone groups is 1. The lowest BCUT2D eigenvalue weighted by Gasteiger charge is -2.13. The molecule has 0 radical (unpaired) electrons. The highest BCUT2D eigenvalue weighted by atomic mass is 35.5. The van der Waals surface area contributed by atoms with Gasteiger partial charge in [0.05, 0.1) is 13.3 Å². The molecule has 0 aromatic heterocycles. The first-order valence-corrected chi connectivity index (χ1v) is 7.49. The zero-order chi connectivity index (χ0) is 17.5. The number of carbonyl (C=O) groups is 1. The molecule has 1 amide bonds. The number of phenols is 1. The molecule has 2 rings (SSSR count). The summed E-state index contributed by atoms with van der Waals surface area (Å²) in [5, 5.41) is 14.1. The molecule has 0 aliphatic carbocycles. The smallest absolute Gasteiger partial charge is 0.280 e. The molecular weight excluding hydrogens is 332 g/mol. The number of rotatable bonds is 6. The van der Waals surface area contributed by atoms with Crippen molar-refractivity contribution in [3.05, 3.63) is 53.1 Å². The maximum atomic E-state index is 12.0. The molecule has 6 nitrogen and oxygen atoms in total. The maximum absolute atomic E-state index is 12.0. The van der Waals surface area contributed by atoms with E-state index >= 15 is 0 Å². The second-order valence-corrected chi connectivity index (χ2v) is 5.31. The van der Waals surface area contributed by atoms with Gasteiger partial charge in [-0.05, 0) is 43.3 Å². The van der Waals surface area contributed by atoms with Crippen molar-refractivity contribution in [3.63, 3.8) is 0 Å². The molecule has 2 aromatic rings. The molecule has 0 unspecified atom stereocenters. The summed E-state index contributed by atoms with van der Waals surface area (Å²) in [7, 11) is 1.52. The molecule has 0 spiro atoms. The fourth-order valence-corrected chi connectivity index (χ4v) is 2.00. The lowest BCUT2D eigenvalue weighted by Crippen LogP contribution is -2.33. The van der Waals surface area contributed by atoms with Crippen LogP contribution in [0, 0.1) is 0 Å². The molecule has 0 bridgehead atoms. The first-order valence-electron chi connectivity index (χ1n) is 7.11. The van der Waals surface area contributed by atoms with Crippen molar-refractivity contribution in [2.24, 2.45) is 5.10 Å². The van der Waals surface area contributed by atoms with Crippen LogP contribution in [0.15, 0.2) is 47.6 Å². The standard InChI is InChI=1S/C17H17ClN2O4/c1-11(24-15-5-3-4-13(18)9-15)17(22)20-19-10-12-8-14(23-2)6-7-16(12)21/h3-11,21H,1-2H3,(H,20,22)/b19-10-/t11-/m0/s1. The number of methoxy groups -OCH3 is 1. The third kappa shape index (κ3) is 4.89. The number of halogens is 1. The molecule has 2 aromatic carbocycles. The Balaban J connectivity index is 1.94. The molecule has 0 saturated carbocycles. The molecule has 0 heterocycles. The monoisotopic (exact) mass is 348 g/mol. The van der Waals surface area contributed by atoms with Crippen LogP contribution in [0.4, 0.5) is 0 Å². The molecule has 0 aliphatic heterocycles. The van der Waals surface area contributed by atoms with E-state index < -0.39 is 12.0 Å². The molecule has 0 saturated heterocycles. The van der Waals surface area contributed by atoms with Crippen LogP contribution in [0.5, 0.6) is 17.2 Å². The number of hydrogen-bond acceptors (Lipinski definition) is 5. The maximum Gasteiger partial charge on any atom is 0.280 e. The number of aromatic hydroxyl groups is 1. The Kier molecular flexibility index (Phi) is 6.03. The van der Waals surface area contributed by atoms with Crippen molar-refractivity contribution in [2.75, 3.05) is 7.11 Å². The molecule has 126 valence electrons. The fourth-order valence-electron chi connectivity index (χ4n) is 1.82. The van der Waals surface area contributed by atoms with Crippen molar-refractivity contribution >= 4 is 23.7 Å². The quantitative estimate of drug-likeness (QED) is 0.621. The number of carbonyl (C=O) groups excluding carboxylic acids is 1. The summed E-state index contributed by atoms with van der Waals surface area (Å²) in [6.45, 7) is 1.59. The summed E-state index contributed by atoms with van der Waals surface area (Å²) in [5.41, 5.74) is 2.77. The van der Waals surface area contributed by atoms with E-state index in [0.717, 1.165) is 0 Å². The summed E-state index contributed by atoms with van der Waals surface area (Å²) in [4.78, 5) is 12.0. The van der Waals surface area contributed by atoms with Crippen LogP contribution >= 0.6 is 11.6 Å². The van der Waals surface area contributed by atoms with E-state index in [4.69, 9.17) is 21.1 Å². The largest absolute Gasteiger partial charge is 0.507 e. The Labute approximate surface area is 144 Å². The highest BCUT2D eigenvalue weighted by Crippen LogP contribution is 2.21. The predicted octanol–water partition coefficient (Wildman–Crippen LogP) is 2.97. The van der Waals surface area contributed by atoms with Gasteiger partial charge in [0.1, 0.15) is 17.2 Å². The Morgan fingerprint density at radius 1 is 1.29 bits per heavy atom. The van der Waals surface area contributed by atoms with Crippen molar-refractivity contribution in [2.45, 2.75) is 13.0 Å². The minimum absolute atomic E-state index is 0.0250. The van der Waals surface area contributed by atoms with Crippen LogP contribution in [0.25, 0.3) is 0 Å². The number of ether oxygens (including phenoxy) is 2. The molecule has 0 aliphatic rings. The third-order valence-corrected chi connectivity index (χ3v) is 3.33. The molecule has 7 heteroatoms. The van der Waals surface area contributed by atoms with Gasteiger partial charge in [-0.1, -0.05) is 17.7 Å². The topological polar surface area (TPSA) is 80.2 Å². The number of amides is 1. The van der Waals surface area contributed by atoms with Gasteiger partial charge in [0, 0.05) is 10.6 Å². The molecule has 24 heavy (non-hydrogen) atoms. The molecular formula is C17H17ClN2O4. The van der Waals surface area contributed by atoms with Crippen LogP contribution in [-0.2, 0) is 4.79 Å². The molecule has 2 N–H and O–H groups in total. The molecule has 0 fully saturated rings. The van der Waals surface area contributed by atoms with Crippen molar-refractivity contribution in [1.29, 1.82) is 0 Å². The highest BCUT2D eigenvalue weighted by Gasteiger charge is 2.14. The zero-order valence-electron chi connectivity index (χ0n) is 13.2. The molecule has 1 atom stereocenters. The van der Waals surface area contributed by atoms with Gasteiger partial charge in [0.15, 0.2) is 6.10 Å². The van der Waals surface area contributed by atoms with Gasteiger partial charge < -0.3 is 14.6 Å². The summed E-state index contributed by atoms with van der Waals surface area (Å²) in [6, 6.07) is 11.4. The van der Waals surface area contributed by atoms with Gasteiger partial charge in [-0.15, -0.1) is 0 Å². The van der Waals surface area contributed by atoms with Crippen LogP contribution in [0.2, 0.25) is 5.02 Å². The van der Waals surface area contributed by atoms with E-state index in [-0.39, 0.29) is 5.75 Å². The van der Waals surface area contributed by atoms with E-state index in [1.165, 1.54) is 19.4 Å². The van der Waals surface area contributed by atoms with Gasteiger partial charge in [-0.2, -0.15) is 5.10 Å². The normalized spacial score (nSPS) is 12.0. The van der Waals surface area contributed by atoms with Crippen molar-refractivity contribution in [3.8, 4) is 17.2 Å². The van der Waals surface area contributed by atoms with Crippen LogP contribution < -0.4 is 14.9 Å². The highest BCUT2D eigenvalue weighted by molar-refractivity contribution is 6.30. The van der Waals surface area contributed by atoms with Gasteiger partial charge in [0.25, 0.3) is 5.91 Å². The second kappa shape index (κ2) is 8.21. The first-order chi connectivity index (χ1) is 11.5. The Morgan fingerprint density at radius 2 is 2.08 bits per heavy atom. The van der Waals surface area contributed by atoms with Crippen LogP contribution in [0.1, 0.15) is 12.5 Å². The van der Waals surface area contributed by atoms with E-state index in [9.17, 15) is 9.90 Å². The average Bonchev–Trinajstić information content (AvgIpc) is 2.56. The SMILES string of the molecule is COc1ccc(O)c(/C=N\NC(=O)[C@H](C)Oc2cccc(Cl)c2)c1. The summed E-state index contributed by atoms with van der Waals surface area (Å²) in [6.07, 6.45) is 0.557. The number of hydrogen-bond donors (Lipinski definition) is 2. The fraction of sp³-hybridized carbons (Fsp3) is 0.176. The van der Waals surface area contributed by atoms with E-state index in [2.05, 4.69) is 10.5 Å². The third-order valence-electron chi connectivity index (χ3n) is 3.09. The van der Waals surface area contributed by atoms with Crippen molar-refractivity contribution in [1.82, 2.24) is 5.43 Å². The van der Waals surface area contributed by atoms with Gasteiger partial charge in [0.2, 0.25) is 0 Å². The van der Waals surface area contributed by atoms with Crippen LogP contribution in [-0.4, -0.2) is 30.4 Å². The van der Waals surface area contributed by atoms with Crippen molar-refractivity contribution < 1.29 is 19.4 Å². The number of nitrogens with one attached hydrogen (secondary N) is 1. The summed E-state index contributed by atoms with van der Waals surface area (Å²) in [5.74, 6) is 0.642. The number of phenolic OH excluding ortho intramolecular Hbond substituents is 1. The Hall–Kier alpha value is -2.73. The minimum atomic E-state index is -0.764. The second-order valence-electron chi connectivity index (χ2n) is 4.88. The average molecular weight is 349 g/mol. The predicted molar refractivity (Wildman–Crippen MR) is 91.9 cm³/mol. The van der Waals surface area contributed by atoms with Gasteiger partial charge in [-0.3, -0.25) is 4.79 Å².